The van der Waals surface area contributed by atoms with Gasteiger partial charge in [0.25, 0.3) is 0 Å². The molecule has 4 nitrogen and oxygen atoms in total. The molecule has 1 N–H and O–H groups in total. The summed E-state index contributed by atoms with van der Waals surface area (Å²) < 4.78 is 2.03. The van der Waals surface area contributed by atoms with Gasteiger partial charge in [-0.05, 0) is 35.3 Å². The third-order valence-electron chi connectivity index (χ3n) is 4.94. The molecule has 1 amide bonds. The first-order valence-corrected chi connectivity index (χ1v) is 8.73. The van der Waals surface area contributed by atoms with Crippen LogP contribution in [0.3, 0.4) is 0 Å². The molecule has 4 heteroatoms. The molecule has 0 radical (unpaired) electrons. The Labute approximate surface area is 144 Å². The summed E-state index contributed by atoms with van der Waals surface area (Å²) in [6, 6.07) is 8.63. The number of carbonyl (C=O) groups excluding carboxylic acids is 1. The van der Waals surface area contributed by atoms with Gasteiger partial charge in [0.1, 0.15) is 0 Å². The molecular formula is C20H27N3O. The Morgan fingerprint density at radius 1 is 1.29 bits per heavy atom. The molecule has 1 heterocycles. The van der Waals surface area contributed by atoms with E-state index in [0.717, 1.165) is 19.4 Å². The van der Waals surface area contributed by atoms with Crippen LogP contribution >= 0.6 is 0 Å². The number of carbonyl (C=O) groups is 1. The van der Waals surface area contributed by atoms with E-state index in [9.17, 15) is 4.79 Å². The Hall–Kier alpha value is -2.10. The molecule has 1 atom stereocenters. The third kappa shape index (κ3) is 4.05. The zero-order valence-electron chi connectivity index (χ0n) is 14.8. The van der Waals surface area contributed by atoms with E-state index < -0.39 is 0 Å². The number of benzene rings is 1. The Bertz CT molecular complexity index is 660. The summed E-state index contributed by atoms with van der Waals surface area (Å²) in [6.07, 6.45) is 8.16. The van der Waals surface area contributed by atoms with E-state index in [0.29, 0.717) is 12.3 Å². The molecule has 1 aromatic heterocycles. The van der Waals surface area contributed by atoms with Gasteiger partial charge in [-0.3, -0.25) is 4.79 Å². The molecule has 0 spiro atoms. The first kappa shape index (κ1) is 16.7. The van der Waals surface area contributed by atoms with Crippen LogP contribution in [0.1, 0.15) is 38.3 Å². The van der Waals surface area contributed by atoms with Crippen LogP contribution in [0.15, 0.2) is 43.0 Å². The molecule has 3 rings (SSSR count). The molecule has 0 aliphatic heterocycles. The Kier molecular flexibility index (Phi) is 4.74. The molecule has 0 saturated carbocycles. The monoisotopic (exact) mass is 325 g/mol. The van der Waals surface area contributed by atoms with Gasteiger partial charge in [-0.25, -0.2) is 4.98 Å². The Balaban J connectivity index is 1.58. The highest BCUT2D eigenvalue weighted by atomic mass is 16.1. The summed E-state index contributed by atoms with van der Waals surface area (Å²) in [5.41, 5.74) is 2.81. The lowest BCUT2D eigenvalue weighted by Crippen LogP contribution is -2.46. The summed E-state index contributed by atoms with van der Waals surface area (Å²) in [5.74, 6) is 0.587. The van der Waals surface area contributed by atoms with E-state index in [4.69, 9.17) is 0 Å². The van der Waals surface area contributed by atoms with E-state index in [2.05, 4.69) is 55.3 Å². The van der Waals surface area contributed by atoms with Crippen LogP contribution in [-0.4, -0.2) is 21.5 Å². The van der Waals surface area contributed by atoms with Crippen LogP contribution in [0.25, 0.3) is 0 Å². The second-order valence-corrected chi connectivity index (χ2v) is 7.99. The fourth-order valence-corrected chi connectivity index (χ4v) is 3.45. The highest BCUT2D eigenvalue weighted by Crippen LogP contribution is 2.29. The van der Waals surface area contributed by atoms with Crippen molar-refractivity contribution in [3.8, 4) is 0 Å². The fourth-order valence-electron chi connectivity index (χ4n) is 3.45. The number of nitrogens with one attached hydrogen (secondary N) is 1. The molecular weight excluding hydrogens is 298 g/mol. The van der Waals surface area contributed by atoms with Gasteiger partial charge in [-0.2, -0.15) is 0 Å². The lowest BCUT2D eigenvalue weighted by atomic mass is 9.86. The smallest absolute Gasteiger partial charge is 0.220 e. The number of aromatic nitrogens is 2. The minimum atomic E-state index is -0.00142. The van der Waals surface area contributed by atoms with Crippen molar-refractivity contribution < 1.29 is 4.79 Å². The van der Waals surface area contributed by atoms with Gasteiger partial charge >= 0.3 is 0 Å². The second-order valence-electron chi connectivity index (χ2n) is 7.99. The van der Waals surface area contributed by atoms with Gasteiger partial charge in [-0.15, -0.1) is 0 Å². The number of amides is 1. The van der Waals surface area contributed by atoms with E-state index >= 15 is 0 Å². The zero-order valence-corrected chi connectivity index (χ0v) is 14.8. The summed E-state index contributed by atoms with van der Waals surface area (Å²) >= 11 is 0. The second kappa shape index (κ2) is 6.80. The van der Waals surface area contributed by atoms with Crippen molar-refractivity contribution in [1.29, 1.82) is 0 Å². The predicted octanol–water partition coefficient (Wildman–Crippen LogP) is 3.22. The number of nitrogens with zero attached hydrogens (tertiary/aromatic N) is 2. The van der Waals surface area contributed by atoms with Crippen molar-refractivity contribution in [2.24, 2.45) is 11.3 Å². The van der Waals surface area contributed by atoms with Crippen LogP contribution in [0, 0.1) is 11.3 Å². The lowest BCUT2D eigenvalue weighted by molar-refractivity contribution is -0.123. The quantitative estimate of drug-likeness (QED) is 0.917. The average molecular weight is 325 g/mol. The number of rotatable bonds is 5. The van der Waals surface area contributed by atoms with Crippen molar-refractivity contribution in [2.75, 3.05) is 0 Å². The summed E-state index contributed by atoms with van der Waals surface area (Å²) in [5, 5.41) is 3.26. The van der Waals surface area contributed by atoms with E-state index in [1.807, 2.05) is 10.8 Å². The number of imidazole rings is 1. The summed E-state index contributed by atoms with van der Waals surface area (Å²) in [6.45, 7) is 7.25. The molecule has 0 bridgehead atoms. The molecule has 1 aliphatic rings. The van der Waals surface area contributed by atoms with Crippen molar-refractivity contribution in [3.05, 3.63) is 54.1 Å². The van der Waals surface area contributed by atoms with E-state index in [1.54, 1.807) is 12.5 Å². The molecule has 128 valence electrons. The van der Waals surface area contributed by atoms with Gasteiger partial charge in [0.05, 0.1) is 12.4 Å². The van der Waals surface area contributed by atoms with Gasteiger partial charge in [0.2, 0.25) is 5.91 Å². The average Bonchev–Trinajstić information content (AvgIpc) is 3.13. The number of fused-ring (bicyclic) bond motifs is 1. The zero-order chi connectivity index (χ0) is 17.2. The first-order valence-electron chi connectivity index (χ1n) is 8.73. The van der Waals surface area contributed by atoms with Gasteiger partial charge in [0, 0.05) is 25.4 Å². The van der Waals surface area contributed by atoms with Crippen molar-refractivity contribution >= 4 is 5.91 Å². The molecule has 0 fully saturated rings. The Morgan fingerprint density at radius 3 is 2.50 bits per heavy atom. The standard InChI is InChI=1S/C20H27N3O/c1-20(2,3)18(13-23-9-8-21-14-23)22-19(24)12-15-10-16-6-4-5-7-17(16)11-15/h4-9,14-15,18H,10-13H2,1-3H3,(H,22,24). The Morgan fingerprint density at radius 2 is 1.96 bits per heavy atom. The predicted molar refractivity (Wildman–Crippen MR) is 95.6 cm³/mol. The van der Waals surface area contributed by atoms with Crippen LogP contribution in [0.2, 0.25) is 0 Å². The summed E-state index contributed by atoms with van der Waals surface area (Å²) in [4.78, 5) is 16.7. The van der Waals surface area contributed by atoms with Crippen LogP contribution in [0.4, 0.5) is 0 Å². The normalized spacial score (nSPS) is 16.0. The van der Waals surface area contributed by atoms with Gasteiger partial charge in [0.15, 0.2) is 0 Å². The molecule has 1 aliphatic carbocycles. The highest BCUT2D eigenvalue weighted by molar-refractivity contribution is 5.76. The van der Waals surface area contributed by atoms with Crippen LogP contribution in [0.5, 0.6) is 0 Å². The maximum Gasteiger partial charge on any atom is 0.220 e. The SMILES string of the molecule is CC(C)(C)C(Cn1ccnc1)NC(=O)CC1Cc2ccccc2C1. The van der Waals surface area contributed by atoms with Gasteiger partial charge in [-0.1, -0.05) is 45.0 Å². The van der Waals surface area contributed by atoms with Crippen molar-refractivity contribution in [2.45, 2.75) is 52.6 Å². The lowest BCUT2D eigenvalue weighted by Gasteiger charge is -2.32. The maximum atomic E-state index is 12.6. The minimum Gasteiger partial charge on any atom is -0.351 e. The number of hydrogen-bond acceptors (Lipinski definition) is 2. The van der Waals surface area contributed by atoms with E-state index in [1.165, 1.54) is 11.1 Å². The van der Waals surface area contributed by atoms with E-state index in [-0.39, 0.29) is 17.4 Å². The molecule has 1 aromatic carbocycles. The number of hydrogen-bond donors (Lipinski definition) is 1. The fraction of sp³-hybridized carbons (Fsp3) is 0.500. The molecule has 0 saturated heterocycles. The molecule has 1 unspecified atom stereocenters. The minimum absolute atomic E-state index is 0.00142. The largest absolute Gasteiger partial charge is 0.351 e. The highest BCUT2D eigenvalue weighted by Gasteiger charge is 2.29. The third-order valence-corrected chi connectivity index (χ3v) is 4.94. The first-order chi connectivity index (χ1) is 11.4. The molecule has 24 heavy (non-hydrogen) atoms. The topological polar surface area (TPSA) is 46.9 Å². The van der Waals surface area contributed by atoms with Gasteiger partial charge < -0.3 is 9.88 Å². The summed E-state index contributed by atoms with van der Waals surface area (Å²) in [7, 11) is 0. The van der Waals surface area contributed by atoms with Crippen LogP contribution in [-0.2, 0) is 24.2 Å². The van der Waals surface area contributed by atoms with Crippen molar-refractivity contribution in [3.63, 3.8) is 0 Å². The molecule has 2 aromatic rings. The van der Waals surface area contributed by atoms with Crippen LogP contribution < -0.4 is 5.32 Å². The van der Waals surface area contributed by atoms with Crippen molar-refractivity contribution in [1.82, 2.24) is 14.9 Å². The maximum absolute atomic E-state index is 12.6.